The number of ether oxygens (including phenoxy) is 1. The molecule has 2 aromatic carbocycles. The number of aromatic nitrogens is 2. The van der Waals surface area contributed by atoms with Gasteiger partial charge in [-0.25, -0.2) is 0 Å². The summed E-state index contributed by atoms with van der Waals surface area (Å²) in [5, 5.41) is 4.09. The van der Waals surface area contributed by atoms with E-state index in [1.165, 1.54) is 11.3 Å². The number of anilines is 1. The normalized spacial score (nSPS) is 16.1. The van der Waals surface area contributed by atoms with Crippen molar-refractivity contribution in [3.05, 3.63) is 60.0 Å². The minimum atomic E-state index is -0.0333. The Labute approximate surface area is 189 Å². The first kappa shape index (κ1) is 21.9. The Bertz CT molecular complexity index is 1030. The standard InChI is InChI=1S/C25H30N4O3/c1-4-28(17-23-26-24(27-32-23)19-9-13-22(31-3)14-10-19)25(30)20-6-5-15-29(16-20)21-11-7-18(2)8-12-21/h7-14,20H,4-6,15-17H2,1-3H3/t20-/m0/s1. The molecule has 1 aliphatic rings. The number of nitrogens with zero attached hydrogens (tertiary/aromatic N) is 4. The molecule has 1 aliphatic heterocycles. The van der Waals surface area contributed by atoms with Crippen LogP contribution in [-0.4, -0.2) is 47.7 Å². The molecule has 0 N–H and O–H groups in total. The van der Waals surface area contributed by atoms with Crippen molar-refractivity contribution < 1.29 is 14.1 Å². The first-order valence-electron chi connectivity index (χ1n) is 11.1. The molecule has 32 heavy (non-hydrogen) atoms. The zero-order valence-corrected chi connectivity index (χ0v) is 19.0. The van der Waals surface area contributed by atoms with Gasteiger partial charge in [0.05, 0.1) is 19.6 Å². The van der Waals surface area contributed by atoms with Crippen molar-refractivity contribution in [2.45, 2.75) is 33.2 Å². The summed E-state index contributed by atoms with van der Waals surface area (Å²) < 4.78 is 10.6. The van der Waals surface area contributed by atoms with Crippen LogP contribution in [0.5, 0.6) is 5.75 Å². The van der Waals surface area contributed by atoms with Gasteiger partial charge < -0.3 is 19.1 Å². The summed E-state index contributed by atoms with van der Waals surface area (Å²) >= 11 is 0. The van der Waals surface area contributed by atoms with E-state index in [4.69, 9.17) is 9.26 Å². The number of hydrogen-bond donors (Lipinski definition) is 0. The maximum Gasteiger partial charge on any atom is 0.246 e. The summed E-state index contributed by atoms with van der Waals surface area (Å²) in [7, 11) is 1.63. The molecular formula is C25H30N4O3. The largest absolute Gasteiger partial charge is 0.497 e. The van der Waals surface area contributed by atoms with Crippen molar-refractivity contribution >= 4 is 11.6 Å². The molecule has 0 aliphatic carbocycles. The third-order valence-corrected chi connectivity index (χ3v) is 6.01. The van der Waals surface area contributed by atoms with Crippen LogP contribution in [0.25, 0.3) is 11.4 Å². The SMILES string of the molecule is CCN(Cc1nc(-c2ccc(OC)cc2)no1)C(=O)[C@H]1CCCN(c2ccc(C)cc2)C1. The number of rotatable bonds is 7. The Morgan fingerprint density at radius 3 is 2.62 bits per heavy atom. The van der Waals surface area contributed by atoms with Gasteiger partial charge in [0.15, 0.2) is 0 Å². The van der Waals surface area contributed by atoms with Crippen LogP contribution < -0.4 is 9.64 Å². The summed E-state index contributed by atoms with van der Waals surface area (Å²) in [6.07, 6.45) is 1.91. The van der Waals surface area contributed by atoms with Gasteiger partial charge in [-0.05, 0) is 63.1 Å². The molecular weight excluding hydrogens is 404 g/mol. The van der Waals surface area contributed by atoms with Gasteiger partial charge in [0, 0.05) is 30.9 Å². The molecule has 0 unspecified atom stereocenters. The highest BCUT2D eigenvalue weighted by atomic mass is 16.5. The lowest BCUT2D eigenvalue weighted by Crippen LogP contribution is -2.44. The molecule has 1 atom stereocenters. The molecule has 0 radical (unpaired) electrons. The lowest BCUT2D eigenvalue weighted by atomic mass is 9.95. The fourth-order valence-corrected chi connectivity index (χ4v) is 4.11. The molecule has 1 aromatic heterocycles. The van der Waals surface area contributed by atoms with E-state index in [0.717, 1.165) is 37.2 Å². The number of carbonyl (C=O) groups is 1. The number of amides is 1. The Balaban J connectivity index is 1.41. The predicted molar refractivity (Wildman–Crippen MR) is 123 cm³/mol. The molecule has 0 spiro atoms. The quantitative estimate of drug-likeness (QED) is 0.552. The molecule has 1 saturated heterocycles. The summed E-state index contributed by atoms with van der Waals surface area (Å²) in [4.78, 5) is 21.9. The molecule has 0 saturated carbocycles. The van der Waals surface area contributed by atoms with E-state index in [0.29, 0.717) is 24.8 Å². The van der Waals surface area contributed by atoms with Crippen LogP contribution in [0.1, 0.15) is 31.2 Å². The monoisotopic (exact) mass is 434 g/mol. The first-order chi connectivity index (χ1) is 15.6. The van der Waals surface area contributed by atoms with Crippen molar-refractivity contribution in [2.75, 3.05) is 31.6 Å². The molecule has 7 nitrogen and oxygen atoms in total. The fraction of sp³-hybridized carbons (Fsp3) is 0.400. The summed E-state index contributed by atoms with van der Waals surface area (Å²) in [6, 6.07) is 16.0. The van der Waals surface area contributed by atoms with Gasteiger partial charge in [0.25, 0.3) is 0 Å². The van der Waals surface area contributed by atoms with E-state index >= 15 is 0 Å². The zero-order chi connectivity index (χ0) is 22.5. The second kappa shape index (κ2) is 9.85. The maximum atomic E-state index is 13.3. The van der Waals surface area contributed by atoms with E-state index < -0.39 is 0 Å². The molecule has 4 rings (SSSR count). The number of methoxy groups -OCH3 is 1. The second-order valence-electron chi connectivity index (χ2n) is 8.21. The summed E-state index contributed by atoms with van der Waals surface area (Å²) in [5.74, 6) is 1.83. The molecule has 0 bridgehead atoms. The van der Waals surface area contributed by atoms with Crippen LogP contribution in [0.4, 0.5) is 5.69 Å². The number of aryl methyl sites for hydroxylation is 1. The van der Waals surface area contributed by atoms with Crippen LogP contribution in [0.2, 0.25) is 0 Å². The lowest BCUT2D eigenvalue weighted by molar-refractivity contribution is -0.136. The molecule has 168 valence electrons. The van der Waals surface area contributed by atoms with Gasteiger partial charge in [-0.3, -0.25) is 4.79 Å². The topological polar surface area (TPSA) is 71.7 Å². The Morgan fingerprint density at radius 2 is 1.94 bits per heavy atom. The van der Waals surface area contributed by atoms with Gasteiger partial charge in [-0.15, -0.1) is 0 Å². The van der Waals surface area contributed by atoms with Crippen molar-refractivity contribution in [2.24, 2.45) is 5.92 Å². The van der Waals surface area contributed by atoms with Gasteiger partial charge >= 0.3 is 0 Å². The van der Waals surface area contributed by atoms with Crippen molar-refractivity contribution in [3.8, 4) is 17.1 Å². The fourth-order valence-electron chi connectivity index (χ4n) is 4.11. The highest BCUT2D eigenvalue weighted by Crippen LogP contribution is 2.26. The Morgan fingerprint density at radius 1 is 1.19 bits per heavy atom. The van der Waals surface area contributed by atoms with Crippen LogP contribution in [0.3, 0.4) is 0 Å². The average molecular weight is 435 g/mol. The molecule has 1 amide bonds. The van der Waals surface area contributed by atoms with Crippen molar-refractivity contribution in [3.63, 3.8) is 0 Å². The summed E-state index contributed by atoms with van der Waals surface area (Å²) in [5.41, 5.74) is 3.26. The van der Waals surface area contributed by atoms with E-state index in [1.54, 1.807) is 7.11 Å². The first-order valence-corrected chi connectivity index (χ1v) is 11.1. The lowest BCUT2D eigenvalue weighted by Gasteiger charge is -2.35. The number of piperidine rings is 1. The third kappa shape index (κ3) is 4.93. The molecule has 7 heteroatoms. The number of benzene rings is 2. The summed E-state index contributed by atoms with van der Waals surface area (Å²) in [6.45, 7) is 6.70. The van der Waals surface area contributed by atoms with Gasteiger partial charge in [-0.2, -0.15) is 4.98 Å². The smallest absolute Gasteiger partial charge is 0.246 e. The maximum absolute atomic E-state index is 13.3. The van der Waals surface area contributed by atoms with Crippen molar-refractivity contribution in [1.82, 2.24) is 15.0 Å². The Kier molecular flexibility index (Phi) is 6.73. The van der Waals surface area contributed by atoms with Crippen molar-refractivity contribution in [1.29, 1.82) is 0 Å². The highest BCUT2D eigenvalue weighted by molar-refractivity contribution is 5.79. The molecule has 2 heterocycles. The molecule has 1 fully saturated rings. The van der Waals surface area contributed by atoms with E-state index in [1.807, 2.05) is 36.1 Å². The van der Waals surface area contributed by atoms with Crippen LogP contribution in [0.15, 0.2) is 53.1 Å². The number of hydrogen-bond acceptors (Lipinski definition) is 6. The predicted octanol–water partition coefficient (Wildman–Crippen LogP) is 4.32. The van der Waals surface area contributed by atoms with E-state index in [2.05, 4.69) is 46.2 Å². The third-order valence-electron chi connectivity index (χ3n) is 6.01. The second-order valence-corrected chi connectivity index (χ2v) is 8.21. The van der Waals surface area contributed by atoms with E-state index in [-0.39, 0.29) is 11.8 Å². The van der Waals surface area contributed by atoms with Crippen LogP contribution in [0, 0.1) is 12.8 Å². The average Bonchev–Trinajstić information content (AvgIpc) is 3.31. The van der Waals surface area contributed by atoms with E-state index in [9.17, 15) is 4.79 Å². The Hall–Kier alpha value is -3.35. The van der Waals surface area contributed by atoms with Crippen LogP contribution >= 0.6 is 0 Å². The van der Waals surface area contributed by atoms with Crippen LogP contribution in [-0.2, 0) is 11.3 Å². The molecule has 3 aromatic rings. The van der Waals surface area contributed by atoms with Gasteiger partial charge in [0.1, 0.15) is 5.75 Å². The minimum Gasteiger partial charge on any atom is -0.497 e. The van der Waals surface area contributed by atoms with Gasteiger partial charge in [-0.1, -0.05) is 22.9 Å². The number of carbonyl (C=O) groups excluding carboxylic acids is 1. The zero-order valence-electron chi connectivity index (χ0n) is 19.0. The minimum absolute atomic E-state index is 0.0333. The van der Waals surface area contributed by atoms with Gasteiger partial charge in [0.2, 0.25) is 17.6 Å². The highest BCUT2D eigenvalue weighted by Gasteiger charge is 2.30.